The molecule has 2 rings (SSSR count). The maximum Gasteiger partial charge on any atom is 0.191 e. The molecule has 6 heteroatoms. The van der Waals surface area contributed by atoms with E-state index >= 15 is 0 Å². The number of likely N-dealkylation sites (N-methyl/N-ethyl adjacent to an activating group) is 1. The van der Waals surface area contributed by atoms with Crippen molar-refractivity contribution in [1.29, 1.82) is 0 Å². The number of rotatable bonds is 7. The third kappa shape index (κ3) is 6.63. The second-order valence-electron chi connectivity index (χ2n) is 6.74. The molecule has 1 aliphatic heterocycles. The van der Waals surface area contributed by atoms with Crippen LogP contribution in [0.2, 0.25) is 0 Å². The Bertz CT molecular complexity index is 540. The van der Waals surface area contributed by atoms with Crippen LogP contribution in [0.25, 0.3) is 0 Å². The molecule has 0 aliphatic carbocycles. The Balaban J connectivity index is 1.69. The molecule has 0 saturated carbocycles. The van der Waals surface area contributed by atoms with E-state index in [0.29, 0.717) is 24.0 Å². The van der Waals surface area contributed by atoms with Crippen LogP contribution in [0.15, 0.2) is 29.3 Å². The van der Waals surface area contributed by atoms with E-state index in [2.05, 4.69) is 39.3 Å². The summed E-state index contributed by atoms with van der Waals surface area (Å²) in [7, 11) is 1.74. The predicted octanol–water partition coefficient (Wildman–Crippen LogP) is 1.76. The zero-order valence-corrected chi connectivity index (χ0v) is 15.8. The Morgan fingerprint density at radius 1 is 1.16 bits per heavy atom. The van der Waals surface area contributed by atoms with E-state index in [0.717, 1.165) is 32.7 Å². The van der Waals surface area contributed by atoms with Gasteiger partial charge in [0.25, 0.3) is 0 Å². The fourth-order valence-corrected chi connectivity index (χ4v) is 3.11. The lowest BCUT2D eigenvalue weighted by atomic mass is 10.1. The molecule has 1 unspecified atom stereocenters. The largest absolute Gasteiger partial charge is 0.356 e. The molecular formula is C19H32FN5. The van der Waals surface area contributed by atoms with Crippen molar-refractivity contribution < 1.29 is 4.39 Å². The first-order chi connectivity index (χ1) is 12.1. The third-order valence-corrected chi connectivity index (χ3v) is 4.73. The van der Waals surface area contributed by atoms with Crippen LogP contribution in [0.3, 0.4) is 0 Å². The van der Waals surface area contributed by atoms with E-state index < -0.39 is 0 Å². The van der Waals surface area contributed by atoms with E-state index in [-0.39, 0.29) is 5.82 Å². The summed E-state index contributed by atoms with van der Waals surface area (Å²) in [6.45, 7) is 12.6. The van der Waals surface area contributed by atoms with Crippen LogP contribution in [0.4, 0.5) is 4.39 Å². The van der Waals surface area contributed by atoms with Gasteiger partial charge in [0.05, 0.1) is 0 Å². The first kappa shape index (κ1) is 19.7. The van der Waals surface area contributed by atoms with Crippen LogP contribution in [0, 0.1) is 11.7 Å². The summed E-state index contributed by atoms with van der Waals surface area (Å²) in [6.07, 6.45) is 0. The molecule has 0 bridgehead atoms. The summed E-state index contributed by atoms with van der Waals surface area (Å²) in [5.74, 6) is 1.05. The lowest BCUT2D eigenvalue weighted by Gasteiger charge is -2.35. The van der Waals surface area contributed by atoms with Gasteiger partial charge >= 0.3 is 0 Å². The maximum atomic E-state index is 13.7. The number of piperazine rings is 1. The molecule has 0 spiro atoms. The highest BCUT2D eigenvalue weighted by Gasteiger charge is 2.17. The molecule has 1 atom stereocenters. The average molecular weight is 349 g/mol. The summed E-state index contributed by atoms with van der Waals surface area (Å²) in [6, 6.07) is 6.81. The van der Waals surface area contributed by atoms with E-state index in [4.69, 9.17) is 0 Å². The smallest absolute Gasteiger partial charge is 0.191 e. The summed E-state index contributed by atoms with van der Waals surface area (Å²) >= 11 is 0. The molecule has 0 aromatic heterocycles. The van der Waals surface area contributed by atoms with Crippen molar-refractivity contribution >= 4 is 5.96 Å². The first-order valence-corrected chi connectivity index (χ1v) is 9.25. The Labute approximate surface area is 151 Å². The topological polar surface area (TPSA) is 42.9 Å². The van der Waals surface area contributed by atoms with Gasteiger partial charge in [0, 0.05) is 58.4 Å². The van der Waals surface area contributed by atoms with E-state index in [1.807, 2.05) is 6.07 Å². The maximum absolute atomic E-state index is 13.7. The number of nitrogens with one attached hydrogen (secondary N) is 2. The summed E-state index contributed by atoms with van der Waals surface area (Å²) < 4.78 is 13.7. The van der Waals surface area contributed by atoms with Crippen LogP contribution in [0.5, 0.6) is 0 Å². The minimum atomic E-state index is -0.190. The zero-order valence-electron chi connectivity index (χ0n) is 15.8. The van der Waals surface area contributed by atoms with Crippen molar-refractivity contribution in [1.82, 2.24) is 20.4 Å². The Hall–Kier alpha value is -1.66. The summed E-state index contributed by atoms with van der Waals surface area (Å²) in [4.78, 5) is 9.25. The van der Waals surface area contributed by atoms with Crippen molar-refractivity contribution in [2.75, 3.05) is 52.9 Å². The minimum Gasteiger partial charge on any atom is -0.356 e. The molecule has 1 heterocycles. The zero-order chi connectivity index (χ0) is 18.1. The molecule has 1 aromatic rings. The second kappa shape index (κ2) is 10.4. The molecule has 2 N–H and O–H groups in total. The number of hydrogen-bond donors (Lipinski definition) is 2. The highest BCUT2D eigenvalue weighted by molar-refractivity contribution is 5.79. The van der Waals surface area contributed by atoms with Gasteiger partial charge in [0.1, 0.15) is 5.82 Å². The van der Waals surface area contributed by atoms with Gasteiger partial charge in [-0.05, 0) is 18.5 Å². The lowest BCUT2D eigenvalue weighted by molar-refractivity contribution is 0.124. The standard InChI is InChI=1S/C19H32FN5/c1-4-24-9-11-25(12-10-24)15-16(2)13-22-19(21-3)23-14-17-7-5-6-8-18(17)20/h5-8,16H,4,9-15H2,1-3H3,(H2,21,22,23). The van der Waals surface area contributed by atoms with E-state index in [1.165, 1.54) is 19.2 Å². The van der Waals surface area contributed by atoms with Gasteiger partial charge in [-0.2, -0.15) is 0 Å². The number of nitrogens with zero attached hydrogens (tertiary/aromatic N) is 3. The molecule has 1 saturated heterocycles. The van der Waals surface area contributed by atoms with Gasteiger partial charge in [-0.15, -0.1) is 0 Å². The highest BCUT2D eigenvalue weighted by atomic mass is 19.1. The molecular weight excluding hydrogens is 317 g/mol. The normalized spacial score (nSPS) is 18.2. The van der Waals surface area contributed by atoms with Crippen LogP contribution in [0.1, 0.15) is 19.4 Å². The number of aliphatic imine (C=N–C) groups is 1. The average Bonchev–Trinajstić information content (AvgIpc) is 2.64. The van der Waals surface area contributed by atoms with Crippen LogP contribution < -0.4 is 10.6 Å². The monoisotopic (exact) mass is 349 g/mol. The minimum absolute atomic E-state index is 0.190. The van der Waals surface area contributed by atoms with Crippen molar-refractivity contribution in [3.8, 4) is 0 Å². The van der Waals surface area contributed by atoms with Crippen LogP contribution >= 0.6 is 0 Å². The Kier molecular flexibility index (Phi) is 8.15. The summed E-state index contributed by atoms with van der Waals surface area (Å²) in [5, 5.41) is 6.53. The fourth-order valence-electron chi connectivity index (χ4n) is 3.11. The molecule has 25 heavy (non-hydrogen) atoms. The molecule has 1 aliphatic rings. The quantitative estimate of drug-likeness (QED) is 0.582. The van der Waals surface area contributed by atoms with Gasteiger partial charge < -0.3 is 20.4 Å². The van der Waals surface area contributed by atoms with Crippen molar-refractivity contribution in [3.63, 3.8) is 0 Å². The van der Waals surface area contributed by atoms with Crippen molar-refractivity contribution in [2.45, 2.75) is 20.4 Å². The molecule has 1 fully saturated rings. The van der Waals surface area contributed by atoms with Crippen LogP contribution in [-0.2, 0) is 6.54 Å². The number of hydrogen-bond acceptors (Lipinski definition) is 3. The highest BCUT2D eigenvalue weighted by Crippen LogP contribution is 2.06. The molecule has 140 valence electrons. The third-order valence-electron chi connectivity index (χ3n) is 4.73. The first-order valence-electron chi connectivity index (χ1n) is 9.25. The van der Waals surface area contributed by atoms with E-state index in [1.54, 1.807) is 19.2 Å². The van der Waals surface area contributed by atoms with Crippen LogP contribution in [-0.4, -0.2) is 68.6 Å². The van der Waals surface area contributed by atoms with Gasteiger partial charge in [0.2, 0.25) is 0 Å². The number of guanidine groups is 1. The summed E-state index contributed by atoms with van der Waals surface area (Å²) in [5.41, 5.74) is 0.646. The van der Waals surface area contributed by atoms with Gasteiger partial charge in [-0.3, -0.25) is 4.99 Å². The molecule has 0 amide bonds. The number of benzene rings is 1. The van der Waals surface area contributed by atoms with Gasteiger partial charge in [-0.1, -0.05) is 32.0 Å². The molecule has 5 nitrogen and oxygen atoms in total. The molecule has 0 radical (unpaired) electrons. The van der Waals surface area contributed by atoms with Gasteiger partial charge in [-0.25, -0.2) is 4.39 Å². The fraction of sp³-hybridized carbons (Fsp3) is 0.632. The van der Waals surface area contributed by atoms with Crippen molar-refractivity contribution in [2.24, 2.45) is 10.9 Å². The Morgan fingerprint density at radius 2 is 1.84 bits per heavy atom. The predicted molar refractivity (Wildman–Crippen MR) is 102 cm³/mol. The Morgan fingerprint density at radius 3 is 2.48 bits per heavy atom. The van der Waals surface area contributed by atoms with Gasteiger partial charge in [0.15, 0.2) is 5.96 Å². The second-order valence-corrected chi connectivity index (χ2v) is 6.74. The SMILES string of the molecule is CCN1CCN(CC(C)CNC(=NC)NCc2ccccc2F)CC1. The molecule has 1 aromatic carbocycles. The van der Waals surface area contributed by atoms with E-state index in [9.17, 15) is 4.39 Å². The van der Waals surface area contributed by atoms with Crippen molar-refractivity contribution in [3.05, 3.63) is 35.6 Å². The lowest BCUT2D eigenvalue weighted by Crippen LogP contribution is -2.48. The number of halogens is 1.